The molecule has 4 nitrogen and oxygen atoms in total. The summed E-state index contributed by atoms with van der Waals surface area (Å²) < 4.78 is 13.5. The number of amides is 1. The van der Waals surface area contributed by atoms with Gasteiger partial charge in [-0.3, -0.25) is 19.5 Å². The Hall–Kier alpha value is -3.60. The molecule has 0 radical (unpaired) electrons. The van der Waals surface area contributed by atoms with Gasteiger partial charge in [-0.2, -0.15) is 0 Å². The summed E-state index contributed by atoms with van der Waals surface area (Å²) >= 11 is 0. The van der Waals surface area contributed by atoms with Crippen LogP contribution in [0.2, 0.25) is 0 Å². The van der Waals surface area contributed by atoms with Crippen LogP contribution in [-0.4, -0.2) is 16.7 Å². The molecule has 0 N–H and O–H groups in total. The molecule has 2 aromatic carbocycles. The number of carbonyl (C=O) groups excluding carboxylic acids is 2. The van der Waals surface area contributed by atoms with E-state index in [1.54, 1.807) is 29.4 Å². The predicted octanol–water partition coefficient (Wildman–Crippen LogP) is 5.14. The Kier molecular flexibility index (Phi) is 4.94. The second-order valence-electron chi connectivity index (χ2n) is 8.04. The predicted molar refractivity (Wildman–Crippen MR) is 116 cm³/mol. The number of ketones is 1. The molecule has 2 heterocycles. The van der Waals surface area contributed by atoms with E-state index in [0.29, 0.717) is 24.1 Å². The van der Waals surface area contributed by atoms with E-state index >= 15 is 0 Å². The van der Waals surface area contributed by atoms with Crippen LogP contribution in [0.5, 0.6) is 0 Å². The molecule has 154 valence electrons. The highest BCUT2D eigenvalue weighted by Crippen LogP contribution is 2.46. The fraction of sp³-hybridized carbons (Fsp3) is 0.192. The number of halogens is 1. The fourth-order valence-electron chi connectivity index (χ4n) is 4.77. The minimum Gasteiger partial charge on any atom is -0.294 e. The second-order valence-corrected chi connectivity index (χ2v) is 8.04. The van der Waals surface area contributed by atoms with E-state index in [-0.39, 0.29) is 35.8 Å². The monoisotopic (exact) mass is 412 g/mol. The van der Waals surface area contributed by atoms with E-state index in [2.05, 4.69) is 4.98 Å². The molecule has 2 unspecified atom stereocenters. The third kappa shape index (κ3) is 3.56. The molecule has 3 aromatic rings. The maximum Gasteiger partial charge on any atom is 0.232 e. The lowest BCUT2D eigenvalue weighted by Gasteiger charge is -2.40. The van der Waals surface area contributed by atoms with E-state index in [1.807, 2.05) is 42.5 Å². The summed E-state index contributed by atoms with van der Waals surface area (Å²) in [4.78, 5) is 32.5. The van der Waals surface area contributed by atoms with Crippen molar-refractivity contribution in [1.82, 2.24) is 4.98 Å². The Bertz CT molecular complexity index is 1160. The van der Waals surface area contributed by atoms with Crippen molar-refractivity contribution in [3.63, 3.8) is 0 Å². The van der Waals surface area contributed by atoms with Gasteiger partial charge < -0.3 is 0 Å². The van der Waals surface area contributed by atoms with Crippen molar-refractivity contribution in [3.8, 4) is 0 Å². The lowest BCUT2D eigenvalue weighted by molar-refractivity contribution is -0.120. The van der Waals surface area contributed by atoms with Crippen molar-refractivity contribution in [1.29, 1.82) is 0 Å². The van der Waals surface area contributed by atoms with E-state index in [4.69, 9.17) is 0 Å². The van der Waals surface area contributed by atoms with Crippen LogP contribution in [0, 0.1) is 5.82 Å². The zero-order chi connectivity index (χ0) is 21.4. The maximum atomic E-state index is 13.5. The van der Waals surface area contributed by atoms with Crippen LogP contribution < -0.4 is 4.90 Å². The third-order valence-corrected chi connectivity index (χ3v) is 6.19. The summed E-state index contributed by atoms with van der Waals surface area (Å²) in [5.74, 6) is -0.671. The van der Waals surface area contributed by atoms with Crippen molar-refractivity contribution in [2.45, 2.75) is 31.1 Å². The number of hydrogen-bond acceptors (Lipinski definition) is 3. The minimum atomic E-state index is -0.362. The van der Waals surface area contributed by atoms with E-state index < -0.39 is 0 Å². The number of aromatic nitrogens is 1. The highest BCUT2D eigenvalue weighted by molar-refractivity contribution is 6.07. The maximum absolute atomic E-state index is 13.5. The molecule has 0 spiro atoms. The number of benzene rings is 2. The van der Waals surface area contributed by atoms with Crippen molar-refractivity contribution < 1.29 is 14.0 Å². The van der Waals surface area contributed by atoms with Crippen LogP contribution in [0.3, 0.4) is 0 Å². The normalized spacial score (nSPS) is 21.3. The van der Waals surface area contributed by atoms with E-state index in [0.717, 1.165) is 16.8 Å². The van der Waals surface area contributed by atoms with E-state index in [1.165, 1.54) is 12.1 Å². The van der Waals surface area contributed by atoms with Crippen LogP contribution in [0.25, 0.3) is 0 Å². The first-order chi connectivity index (χ1) is 15.1. The van der Waals surface area contributed by atoms with Gasteiger partial charge in [-0.15, -0.1) is 0 Å². The summed E-state index contributed by atoms with van der Waals surface area (Å²) in [6, 6.07) is 19.6. The van der Waals surface area contributed by atoms with E-state index in [9.17, 15) is 14.0 Å². The number of carbonyl (C=O) groups is 2. The van der Waals surface area contributed by atoms with Gasteiger partial charge in [0.2, 0.25) is 5.91 Å². The zero-order valence-corrected chi connectivity index (χ0v) is 16.9. The molecule has 5 rings (SSSR count). The Balaban J connectivity index is 1.65. The average molecular weight is 412 g/mol. The number of nitrogens with zero attached hydrogens (tertiary/aromatic N) is 2. The molecule has 1 aliphatic heterocycles. The quantitative estimate of drug-likeness (QED) is 0.598. The Labute approximate surface area is 180 Å². The Morgan fingerprint density at radius 3 is 2.23 bits per heavy atom. The number of Topliss-reactive ketones (excluding diaryl/α,β-unsaturated/α-hetero) is 1. The third-order valence-electron chi connectivity index (χ3n) is 6.19. The molecule has 1 aromatic heterocycles. The van der Waals surface area contributed by atoms with Crippen LogP contribution in [0.15, 0.2) is 90.4 Å². The molecule has 5 heteroatoms. The van der Waals surface area contributed by atoms with Gasteiger partial charge in [0.1, 0.15) is 5.82 Å². The second kappa shape index (κ2) is 7.91. The average Bonchev–Trinajstić information content (AvgIpc) is 2.80. The lowest BCUT2D eigenvalue weighted by Crippen LogP contribution is -2.41. The fourth-order valence-corrected chi connectivity index (χ4v) is 4.77. The number of rotatable bonds is 3. The van der Waals surface area contributed by atoms with Gasteiger partial charge in [-0.25, -0.2) is 4.39 Å². The highest BCUT2D eigenvalue weighted by atomic mass is 19.1. The molecule has 2 aliphatic rings. The zero-order valence-electron chi connectivity index (χ0n) is 16.9. The van der Waals surface area contributed by atoms with Crippen LogP contribution in [0.1, 0.15) is 42.2 Å². The van der Waals surface area contributed by atoms with Crippen molar-refractivity contribution in [3.05, 3.63) is 107 Å². The molecule has 0 saturated heterocycles. The Morgan fingerprint density at radius 2 is 1.52 bits per heavy atom. The van der Waals surface area contributed by atoms with Gasteiger partial charge >= 0.3 is 0 Å². The molecular weight excluding hydrogens is 391 g/mol. The number of anilines is 1. The summed E-state index contributed by atoms with van der Waals surface area (Å²) in [6.07, 6.45) is 4.56. The van der Waals surface area contributed by atoms with Gasteiger partial charge in [0.25, 0.3) is 0 Å². The molecule has 0 bridgehead atoms. The molecule has 1 aliphatic carbocycles. The summed E-state index contributed by atoms with van der Waals surface area (Å²) in [5.41, 5.74) is 4.02. The van der Waals surface area contributed by atoms with Crippen molar-refractivity contribution in [2.24, 2.45) is 0 Å². The molecule has 31 heavy (non-hydrogen) atoms. The van der Waals surface area contributed by atoms with Gasteiger partial charge in [0.05, 0.1) is 0 Å². The largest absolute Gasteiger partial charge is 0.294 e. The topological polar surface area (TPSA) is 50.3 Å². The van der Waals surface area contributed by atoms with Crippen LogP contribution >= 0.6 is 0 Å². The summed E-state index contributed by atoms with van der Waals surface area (Å²) in [5, 5.41) is 0. The Morgan fingerprint density at radius 1 is 0.806 bits per heavy atom. The molecule has 2 atom stereocenters. The lowest BCUT2D eigenvalue weighted by atomic mass is 9.73. The van der Waals surface area contributed by atoms with Gasteiger partial charge in [0, 0.05) is 48.1 Å². The smallest absolute Gasteiger partial charge is 0.232 e. The first-order valence-electron chi connectivity index (χ1n) is 10.4. The van der Waals surface area contributed by atoms with Crippen LogP contribution in [0.4, 0.5) is 10.1 Å². The standard InChI is InChI=1S/C26H21FN2O2/c27-20-6-8-21(9-7-20)29-23-14-19(17-4-2-1-3-5-17)15-24(30)26(23)22(16-25(29)31)18-10-12-28-13-11-18/h1-13,19,22H,14-16H2. The SMILES string of the molecule is O=C1CC(c2ccccc2)CC2=C1C(c1ccncc1)CC(=O)N2c1ccc(F)cc1. The number of hydrogen-bond donors (Lipinski definition) is 0. The first kappa shape index (κ1) is 19.4. The van der Waals surface area contributed by atoms with Crippen molar-refractivity contribution in [2.75, 3.05) is 4.90 Å². The molecule has 0 fully saturated rings. The van der Waals surface area contributed by atoms with Crippen LogP contribution in [-0.2, 0) is 9.59 Å². The molecular formula is C26H21FN2O2. The highest BCUT2D eigenvalue weighted by Gasteiger charge is 2.42. The number of allylic oxidation sites excluding steroid dienone is 2. The van der Waals surface area contributed by atoms with Gasteiger partial charge in [-0.1, -0.05) is 30.3 Å². The minimum absolute atomic E-state index is 0.000566. The van der Waals surface area contributed by atoms with Gasteiger partial charge in [-0.05, 0) is 59.9 Å². The van der Waals surface area contributed by atoms with Crippen molar-refractivity contribution >= 4 is 17.4 Å². The summed E-state index contributed by atoms with van der Waals surface area (Å²) in [6.45, 7) is 0. The number of pyridine rings is 1. The molecule has 1 amide bonds. The molecule has 0 saturated carbocycles. The summed E-state index contributed by atoms with van der Waals surface area (Å²) in [7, 11) is 0. The van der Waals surface area contributed by atoms with Gasteiger partial charge in [0.15, 0.2) is 5.78 Å². The first-order valence-corrected chi connectivity index (χ1v) is 10.4.